The van der Waals surface area contributed by atoms with Gasteiger partial charge in [-0.05, 0) is 23.8 Å². The summed E-state index contributed by atoms with van der Waals surface area (Å²) in [6, 6.07) is 6.88. The quantitative estimate of drug-likeness (QED) is 0.767. The molecule has 0 atom stereocenters. The van der Waals surface area contributed by atoms with Crippen molar-refractivity contribution in [3.63, 3.8) is 0 Å². The largest absolute Gasteiger partial charge is 0.326 e. The van der Waals surface area contributed by atoms with Crippen LogP contribution in [0.2, 0.25) is 5.02 Å². The Labute approximate surface area is 119 Å². The molecule has 0 amide bonds. The van der Waals surface area contributed by atoms with Gasteiger partial charge < -0.3 is 5.73 Å². The van der Waals surface area contributed by atoms with Crippen LogP contribution in [-0.2, 0) is 16.6 Å². The number of nitrogens with two attached hydrogens (primary N) is 1. The van der Waals surface area contributed by atoms with Crippen LogP contribution < -0.4 is 16.0 Å². The highest BCUT2D eigenvalue weighted by atomic mass is 35.5. The lowest BCUT2D eigenvalue weighted by Crippen LogP contribution is -2.17. The molecular formula is C11H11ClN4O3S. The minimum atomic E-state index is -3.91. The van der Waals surface area contributed by atoms with E-state index >= 15 is 0 Å². The van der Waals surface area contributed by atoms with Crippen molar-refractivity contribution in [2.75, 3.05) is 4.72 Å². The van der Waals surface area contributed by atoms with Crippen molar-refractivity contribution in [3.8, 4) is 0 Å². The van der Waals surface area contributed by atoms with Gasteiger partial charge in [0.05, 0.1) is 5.02 Å². The van der Waals surface area contributed by atoms with Crippen LogP contribution in [0.1, 0.15) is 5.56 Å². The van der Waals surface area contributed by atoms with Gasteiger partial charge in [0, 0.05) is 12.6 Å². The first kappa shape index (κ1) is 14.5. The number of benzene rings is 1. The van der Waals surface area contributed by atoms with Crippen LogP contribution in [0.5, 0.6) is 0 Å². The second-order valence-electron chi connectivity index (χ2n) is 3.88. The highest BCUT2D eigenvalue weighted by Gasteiger charge is 2.19. The van der Waals surface area contributed by atoms with Gasteiger partial charge in [-0.15, -0.1) is 0 Å². The number of nitrogens with one attached hydrogen (secondary N) is 2. The summed E-state index contributed by atoms with van der Waals surface area (Å²) in [5.41, 5.74) is 5.67. The maximum atomic E-state index is 12.2. The first-order chi connectivity index (χ1) is 9.42. The second kappa shape index (κ2) is 5.61. The molecule has 1 aromatic heterocycles. The zero-order chi connectivity index (χ0) is 14.8. The number of sulfonamides is 1. The Balaban J connectivity index is 2.40. The molecule has 1 heterocycles. The number of aromatic amines is 1. The Morgan fingerprint density at radius 3 is 2.65 bits per heavy atom. The normalized spacial score (nSPS) is 11.3. The topological polar surface area (TPSA) is 118 Å². The maximum absolute atomic E-state index is 12.2. The summed E-state index contributed by atoms with van der Waals surface area (Å²) in [5.74, 6) is -0.0150. The van der Waals surface area contributed by atoms with Crippen molar-refractivity contribution in [3.05, 3.63) is 51.3 Å². The molecular weight excluding hydrogens is 304 g/mol. The molecule has 0 saturated carbocycles. The summed E-state index contributed by atoms with van der Waals surface area (Å²) in [4.78, 5) is 10.8. The summed E-state index contributed by atoms with van der Waals surface area (Å²) < 4.78 is 26.6. The summed E-state index contributed by atoms with van der Waals surface area (Å²) in [5, 5.41) is 5.76. The molecule has 0 fully saturated rings. The lowest BCUT2D eigenvalue weighted by molar-refractivity contribution is 0.601. The van der Waals surface area contributed by atoms with Gasteiger partial charge >= 0.3 is 0 Å². The number of aromatic nitrogens is 2. The van der Waals surface area contributed by atoms with E-state index in [2.05, 4.69) is 14.9 Å². The monoisotopic (exact) mass is 314 g/mol. The minimum absolute atomic E-state index is 0.0150. The summed E-state index contributed by atoms with van der Waals surface area (Å²) in [7, 11) is -3.91. The van der Waals surface area contributed by atoms with Crippen molar-refractivity contribution >= 4 is 27.4 Å². The Hall–Kier alpha value is -1.90. The Morgan fingerprint density at radius 1 is 1.30 bits per heavy atom. The molecule has 0 saturated heterocycles. The standard InChI is InChI=1S/C11H11ClN4O3S/c12-8-2-1-7(6-13)5-9(8)20(18,19)16-10-3-4-11(17)15-14-10/h1-5H,6,13H2,(H,14,16)(H,15,17). The van der Waals surface area contributed by atoms with Crippen LogP contribution in [-0.4, -0.2) is 18.6 Å². The first-order valence-corrected chi connectivity index (χ1v) is 7.35. The number of nitrogens with zero attached hydrogens (tertiary/aromatic N) is 1. The van der Waals surface area contributed by atoms with Crippen molar-refractivity contribution in [1.82, 2.24) is 10.2 Å². The van der Waals surface area contributed by atoms with Gasteiger partial charge in [-0.25, -0.2) is 13.5 Å². The summed E-state index contributed by atoms with van der Waals surface area (Å²) in [6.07, 6.45) is 0. The fourth-order valence-corrected chi connectivity index (χ4v) is 3.03. The molecule has 0 aliphatic heterocycles. The number of rotatable bonds is 4. The van der Waals surface area contributed by atoms with Gasteiger partial charge in [-0.3, -0.25) is 9.52 Å². The fourth-order valence-electron chi connectivity index (χ4n) is 1.47. The first-order valence-electron chi connectivity index (χ1n) is 5.49. The smallest absolute Gasteiger partial charge is 0.264 e. The van der Waals surface area contributed by atoms with Crippen LogP contribution >= 0.6 is 11.6 Å². The van der Waals surface area contributed by atoms with E-state index in [1.54, 1.807) is 6.07 Å². The summed E-state index contributed by atoms with van der Waals surface area (Å²) >= 11 is 5.89. The maximum Gasteiger partial charge on any atom is 0.264 e. The molecule has 4 N–H and O–H groups in total. The molecule has 1 aromatic carbocycles. The lowest BCUT2D eigenvalue weighted by atomic mass is 10.2. The van der Waals surface area contributed by atoms with Crippen LogP contribution in [0, 0.1) is 0 Å². The third-order valence-electron chi connectivity index (χ3n) is 2.44. The summed E-state index contributed by atoms with van der Waals surface area (Å²) in [6.45, 7) is 0.191. The highest BCUT2D eigenvalue weighted by Crippen LogP contribution is 2.24. The van der Waals surface area contributed by atoms with E-state index in [0.717, 1.165) is 6.07 Å². The Morgan fingerprint density at radius 2 is 2.05 bits per heavy atom. The number of hydrogen-bond acceptors (Lipinski definition) is 5. The number of hydrogen-bond donors (Lipinski definition) is 3. The second-order valence-corrected chi connectivity index (χ2v) is 5.94. The van der Waals surface area contributed by atoms with Gasteiger partial charge in [0.1, 0.15) is 4.90 Å². The number of anilines is 1. The molecule has 0 spiro atoms. The molecule has 20 heavy (non-hydrogen) atoms. The van der Waals surface area contributed by atoms with E-state index < -0.39 is 15.6 Å². The molecule has 0 unspecified atom stereocenters. The molecule has 7 nitrogen and oxygen atoms in total. The minimum Gasteiger partial charge on any atom is -0.326 e. The molecule has 9 heteroatoms. The zero-order valence-electron chi connectivity index (χ0n) is 10.1. The van der Waals surface area contributed by atoms with Crippen LogP contribution in [0.3, 0.4) is 0 Å². The van der Waals surface area contributed by atoms with Crippen molar-refractivity contribution in [2.45, 2.75) is 11.4 Å². The van der Waals surface area contributed by atoms with Gasteiger partial charge in [-0.1, -0.05) is 17.7 Å². The number of halogens is 1. The van der Waals surface area contributed by atoms with Crippen LogP contribution in [0.4, 0.5) is 5.82 Å². The average molecular weight is 315 g/mol. The van der Waals surface area contributed by atoms with E-state index in [0.29, 0.717) is 5.56 Å². The fraction of sp³-hybridized carbons (Fsp3) is 0.0909. The predicted octanol–water partition coefficient (Wildman–Crippen LogP) is 0.683. The van der Waals surface area contributed by atoms with Crippen LogP contribution in [0.25, 0.3) is 0 Å². The molecule has 0 aliphatic carbocycles. The third kappa shape index (κ3) is 3.16. The van der Waals surface area contributed by atoms with Crippen LogP contribution in [0.15, 0.2) is 40.0 Å². The highest BCUT2D eigenvalue weighted by molar-refractivity contribution is 7.92. The zero-order valence-corrected chi connectivity index (χ0v) is 11.7. The molecule has 0 radical (unpaired) electrons. The Kier molecular flexibility index (Phi) is 4.07. The third-order valence-corrected chi connectivity index (χ3v) is 4.28. The molecule has 0 bridgehead atoms. The van der Waals surface area contributed by atoms with Crippen molar-refractivity contribution in [1.29, 1.82) is 0 Å². The average Bonchev–Trinajstić information content (AvgIpc) is 2.41. The van der Waals surface area contributed by atoms with Gasteiger partial charge in [-0.2, -0.15) is 5.10 Å². The number of H-pyrrole nitrogens is 1. The van der Waals surface area contributed by atoms with Gasteiger partial charge in [0.2, 0.25) is 0 Å². The molecule has 2 aromatic rings. The van der Waals surface area contributed by atoms with Gasteiger partial charge in [0.25, 0.3) is 15.6 Å². The van der Waals surface area contributed by atoms with E-state index in [1.165, 1.54) is 18.2 Å². The van der Waals surface area contributed by atoms with E-state index in [1.807, 2.05) is 0 Å². The molecule has 2 rings (SSSR count). The molecule has 106 valence electrons. The van der Waals surface area contributed by atoms with E-state index in [9.17, 15) is 13.2 Å². The van der Waals surface area contributed by atoms with Crippen molar-refractivity contribution < 1.29 is 8.42 Å². The SMILES string of the molecule is NCc1ccc(Cl)c(S(=O)(=O)Nc2ccc(=O)[nH]n2)c1. The lowest BCUT2D eigenvalue weighted by Gasteiger charge is -2.09. The molecule has 0 aliphatic rings. The Bertz CT molecular complexity index is 768. The van der Waals surface area contributed by atoms with E-state index in [4.69, 9.17) is 17.3 Å². The predicted molar refractivity (Wildman–Crippen MR) is 75.0 cm³/mol. The van der Waals surface area contributed by atoms with E-state index in [-0.39, 0.29) is 22.3 Å². The van der Waals surface area contributed by atoms with Gasteiger partial charge in [0.15, 0.2) is 5.82 Å². The van der Waals surface area contributed by atoms with Crippen molar-refractivity contribution in [2.24, 2.45) is 5.73 Å².